The molecule has 4 unspecified atom stereocenters. The van der Waals surface area contributed by atoms with Crippen molar-refractivity contribution in [2.75, 3.05) is 0 Å². The largest absolute Gasteiger partial charge is 0.481 e. The van der Waals surface area contributed by atoms with Gasteiger partial charge in [0.25, 0.3) is 0 Å². The third kappa shape index (κ3) is 4.93. The molecule has 0 aliphatic carbocycles. The van der Waals surface area contributed by atoms with E-state index in [1.807, 2.05) is 32.0 Å². The molecule has 6 heteroatoms. The number of aliphatic carboxylic acids is 1. The van der Waals surface area contributed by atoms with Gasteiger partial charge in [-0.3, -0.25) is 9.78 Å². The Labute approximate surface area is 199 Å². The van der Waals surface area contributed by atoms with E-state index in [4.69, 9.17) is 0 Å². The molecule has 5 nitrogen and oxygen atoms in total. The van der Waals surface area contributed by atoms with Crippen LogP contribution in [0.1, 0.15) is 42.1 Å². The first-order valence-corrected chi connectivity index (χ1v) is 11.2. The summed E-state index contributed by atoms with van der Waals surface area (Å²) in [5.41, 5.74) is -0.271. The van der Waals surface area contributed by atoms with Crippen molar-refractivity contribution >= 4 is 11.5 Å². The van der Waals surface area contributed by atoms with Crippen molar-refractivity contribution in [3.63, 3.8) is 0 Å². The van der Waals surface area contributed by atoms with Gasteiger partial charge >= 0.3 is 5.97 Å². The van der Waals surface area contributed by atoms with Crippen molar-refractivity contribution in [3.05, 3.63) is 108 Å². The fourth-order valence-corrected chi connectivity index (χ4v) is 4.65. The first-order chi connectivity index (χ1) is 16.2. The van der Waals surface area contributed by atoms with E-state index in [1.54, 1.807) is 30.3 Å². The summed E-state index contributed by atoms with van der Waals surface area (Å²) in [5, 5.41) is 34.3. The number of alkyl halides is 1. The number of carboxylic acid groups (broad SMARTS) is 1. The summed E-state index contributed by atoms with van der Waals surface area (Å²) < 4.78 is 13.1. The Hall–Kier alpha value is -3.35. The number of hydrogen-bond acceptors (Lipinski definition) is 4. The van der Waals surface area contributed by atoms with Crippen LogP contribution in [0, 0.1) is 11.8 Å². The predicted molar refractivity (Wildman–Crippen MR) is 130 cm³/mol. The number of aromatic nitrogens is 1. The molecule has 3 rings (SSSR count). The maximum atomic E-state index is 13.1. The van der Waals surface area contributed by atoms with Crippen LogP contribution in [0.4, 0.5) is 4.39 Å². The van der Waals surface area contributed by atoms with Gasteiger partial charge in [-0.05, 0) is 40.3 Å². The predicted octanol–water partition coefficient (Wildman–Crippen LogP) is 4.95. The minimum absolute atomic E-state index is 0.121. The molecule has 178 valence electrons. The first-order valence-electron chi connectivity index (χ1n) is 11.2. The standard InChI is InChI=1S/C28H30FNO4/c1-18(2)24(26(31)19(3)21-9-5-4-6-10-21)28(34,23-11-7-8-16-30-23)25(27(32)33)22-14-12-20(17-29)13-15-22/h4-16,18,24-26,31,34H,3,17H2,1-2H3,(H,32,33). The summed E-state index contributed by atoms with van der Waals surface area (Å²) in [4.78, 5) is 17.0. The van der Waals surface area contributed by atoms with Crippen LogP contribution in [0.3, 0.4) is 0 Å². The Morgan fingerprint density at radius 1 is 1.03 bits per heavy atom. The van der Waals surface area contributed by atoms with Crippen molar-refractivity contribution in [3.8, 4) is 0 Å². The highest BCUT2D eigenvalue weighted by Gasteiger charge is 2.54. The molecule has 0 radical (unpaired) electrons. The number of halogens is 1. The zero-order valence-corrected chi connectivity index (χ0v) is 19.3. The van der Waals surface area contributed by atoms with Crippen LogP contribution in [-0.4, -0.2) is 32.4 Å². The van der Waals surface area contributed by atoms with Gasteiger partial charge in [0, 0.05) is 12.1 Å². The van der Waals surface area contributed by atoms with E-state index in [-0.39, 0.29) is 17.2 Å². The first kappa shape index (κ1) is 25.3. The molecule has 0 fully saturated rings. The van der Waals surface area contributed by atoms with Crippen LogP contribution in [0.15, 0.2) is 85.6 Å². The van der Waals surface area contributed by atoms with E-state index in [2.05, 4.69) is 11.6 Å². The normalized spacial score (nSPS) is 15.8. The van der Waals surface area contributed by atoms with Crippen LogP contribution in [0.2, 0.25) is 0 Å². The number of carboxylic acids is 1. The van der Waals surface area contributed by atoms with Crippen LogP contribution < -0.4 is 0 Å². The molecule has 0 bridgehead atoms. The lowest BCUT2D eigenvalue weighted by atomic mass is 9.64. The molecule has 4 atom stereocenters. The number of benzene rings is 2. The summed E-state index contributed by atoms with van der Waals surface area (Å²) in [5.74, 6) is -4.13. The van der Waals surface area contributed by atoms with E-state index in [1.165, 1.54) is 30.5 Å². The summed E-state index contributed by atoms with van der Waals surface area (Å²) >= 11 is 0. The molecule has 3 aromatic rings. The number of carbonyl (C=O) groups is 1. The van der Waals surface area contributed by atoms with Crippen molar-refractivity contribution in [1.29, 1.82) is 0 Å². The second kappa shape index (κ2) is 10.7. The number of rotatable bonds is 10. The van der Waals surface area contributed by atoms with Crippen LogP contribution in [-0.2, 0) is 17.1 Å². The summed E-state index contributed by atoms with van der Waals surface area (Å²) in [6, 6.07) is 19.9. The van der Waals surface area contributed by atoms with Gasteiger partial charge in [0.05, 0.1) is 11.8 Å². The zero-order valence-electron chi connectivity index (χ0n) is 19.3. The maximum absolute atomic E-state index is 13.1. The molecule has 0 aliphatic rings. The van der Waals surface area contributed by atoms with Crippen molar-refractivity contribution < 1.29 is 24.5 Å². The van der Waals surface area contributed by atoms with Crippen LogP contribution in [0.25, 0.3) is 5.57 Å². The van der Waals surface area contributed by atoms with Gasteiger partial charge in [-0.25, -0.2) is 4.39 Å². The van der Waals surface area contributed by atoms with Gasteiger partial charge < -0.3 is 15.3 Å². The lowest BCUT2D eigenvalue weighted by Crippen LogP contribution is -2.51. The molecule has 1 aromatic heterocycles. The number of hydrogen-bond donors (Lipinski definition) is 3. The summed E-state index contributed by atoms with van der Waals surface area (Å²) in [7, 11) is 0. The van der Waals surface area contributed by atoms with Gasteiger partial charge in [-0.1, -0.05) is 81.1 Å². The van der Waals surface area contributed by atoms with Crippen LogP contribution >= 0.6 is 0 Å². The summed E-state index contributed by atoms with van der Waals surface area (Å²) in [6.07, 6.45) is 0.197. The molecule has 0 amide bonds. The average Bonchev–Trinajstić information content (AvgIpc) is 2.84. The summed E-state index contributed by atoms with van der Waals surface area (Å²) in [6.45, 7) is 7.00. The van der Waals surface area contributed by atoms with Crippen molar-refractivity contribution in [2.24, 2.45) is 11.8 Å². The molecule has 3 N–H and O–H groups in total. The monoisotopic (exact) mass is 463 g/mol. The van der Waals surface area contributed by atoms with Gasteiger partial charge in [-0.2, -0.15) is 0 Å². The fraction of sp³-hybridized carbons (Fsp3) is 0.286. The topological polar surface area (TPSA) is 90.7 Å². The number of nitrogens with zero attached hydrogens (tertiary/aromatic N) is 1. The Balaban J connectivity index is 2.22. The third-order valence-electron chi connectivity index (χ3n) is 6.30. The Morgan fingerprint density at radius 2 is 1.65 bits per heavy atom. The second-order valence-corrected chi connectivity index (χ2v) is 8.79. The highest BCUT2D eigenvalue weighted by molar-refractivity contribution is 5.79. The molecule has 2 aromatic carbocycles. The number of aliphatic hydroxyl groups excluding tert-OH is 1. The van der Waals surface area contributed by atoms with Crippen LogP contribution in [0.5, 0.6) is 0 Å². The Morgan fingerprint density at radius 3 is 2.15 bits per heavy atom. The quantitative estimate of drug-likeness (QED) is 0.396. The highest BCUT2D eigenvalue weighted by Crippen LogP contribution is 2.48. The molecular formula is C28H30FNO4. The molecule has 0 spiro atoms. The number of pyridine rings is 1. The molecule has 0 saturated heterocycles. The third-order valence-corrected chi connectivity index (χ3v) is 6.30. The minimum Gasteiger partial charge on any atom is -0.481 e. The smallest absolute Gasteiger partial charge is 0.314 e. The SMILES string of the molecule is C=C(c1ccccc1)C(O)C(C(C)C)C(O)(c1ccccn1)C(C(=O)O)c1ccc(CF)cc1. The van der Waals surface area contributed by atoms with E-state index >= 15 is 0 Å². The minimum atomic E-state index is -2.12. The fourth-order valence-electron chi connectivity index (χ4n) is 4.65. The molecule has 0 saturated carbocycles. The second-order valence-electron chi connectivity index (χ2n) is 8.79. The lowest BCUT2D eigenvalue weighted by molar-refractivity contribution is -0.157. The zero-order chi connectivity index (χ0) is 24.9. The van der Waals surface area contributed by atoms with E-state index in [0.717, 1.165) is 0 Å². The molecule has 1 heterocycles. The van der Waals surface area contributed by atoms with Gasteiger partial charge in [0.2, 0.25) is 0 Å². The van der Waals surface area contributed by atoms with Gasteiger partial charge in [-0.15, -0.1) is 0 Å². The lowest BCUT2D eigenvalue weighted by Gasteiger charge is -2.44. The Kier molecular flexibility index (Phi) is 7.97. The molecule has 34 heavy (non-hydrogen) atoms. The number of aliphatic hydroxyl groups is 2. The van der Waals surface area contributed by atoms with Gasteiger partial charge in [0.1, 0.15) is 18.2 Å². The van der Waals surface area contributed by atoms with E-state index in [9.17, 15) is 24.5 Å². The molecular weight excluding hydrogens is 433 g/mol. The van der Waals surface area contributed by atoms with Gasteiger partial charge in [0.15, 0.2) is 0 Å². The van der Waals surface area contributed by atoms with Crippen molar-refractivity contribution in [1.82, 2.24) is 4.98 Å². The average molecular weight is 464 g/mol. The highest BCUT2D eigenvalue weighted by atomic mass is 19.1. The van der Waals surface area contributed by atoms with E-state index in [0.29, 0.717) is 16.7 Å². The van der Waals surface area contributed by atoms with Crippen molar-refractivity contribution in [2.45, 2.75) is 38.1 Å². The Bertz CT molecular complexity index is 1100. The van der Waals surface area contributed by atoms with E-state index < -0.39 is 36.2 Å². The molecule has 0 aliphatic heterocycles. The maximum Gasteiger partial charge on any atom is 0.314 e.